The fourth-order valence-electron chi connectivity index (χ4n) is 3.50. The summed E-state index contributed by atoms with van der Waals surface area (Å²) in [6.07, 6.45) is 2.40. The Labute approximate surface area is 132 Å². The van der Waals surface area contributed by atoms with E-state index in [0.29, 0.717) is 37.5 Å². The van der Waals surface area contributed by atoms with E-state index in [9.17, 15) is 4.79 Å². The molecule has 3 rings (SSSR count). The molecule has 2 bridgehead atoms. The Bertz CT molecular complexity index is 476. The number of carbonyl (C=O) groups excluding carboxylic acids is 1. The van der Waals surface area contributed by atoms with E-state index >= 15 is 0 Å². The number of ether oxygens (including phenoxy) is 2. The quantitative estimate of drug-likeness (QED) is 0.756. The molecule has 1 aromatic rings. The average Bonchev–Trinajstić information content (AvgIpc) is 2.52. The molecule has 0 aliphatic carbocycles. The predicted octanol–water partition coefficient (Wildman–Crippen LogP) is 2.27. The molecule has 0 spiro atoms. The third-order valence-electron chi connectivity index (χ3n) is 4.95. The van der Waals surface area contributed by atoms with E-state index in [2.05, 4.69) is 11.9 Å². The van der Waals surface area contributed by atoms with E-state index < -0.39 is 0 Å². The summed E-state index contributed by atoms with van der Waals surface area (Å²) in [4.78, 5) is 14.8. The van der Waals surface area contributed by atoms with Crippen LogP contribution < -0.4 is 0 Å². The number of nitrogens with zero attached hydrogens (tertiary/aromatic N) is 1. The number of hydrogen-bond acceptors (Lipinski definition) is 4. The summed E-state index contributed by atoms with van der Waals surface area (Å²) in [7, 11) is 2.15. The third-order valence-corrected chi connectivity index (χ3v) is 4.95. The molecular weight excluding hydrogens is 278 g/mol. The van der Waals surface area contributed by atoms with E-state index in [1.807, 2.05) is 30.3 Å². The lowest BCUT2D eigenvalue weighted by molar-refractivity contribution is -0.132. The van der Waals surface area contributed by atoms with Gasteiger partial charge in [0.05, 0.1) is 26.4 Å². The average molecular weight is 303 g/mol. The van der Waals surface area contributed by atoms with Gasteiger partial charge < -0.3 is 9.47 Å². The van der Waals surface area contributed by atoms with Gasteiger partial charge in [0.25, 0.3) is 0 Å². The van der Waals surface area contributed by atoms with Crippen LogP contribution in [0.25, 0.3) is 0 Å². The summed E-state index contributed by atoms with van der Waals surface area (Å²) in [5.41, 5.74) is 1.15. The number of rotatable bonds is 6. The van der Waals surface area contributed by atoms with Crippen molar-refractivity contribution in [3.8, 4) is 0 Å². The Kier molecular flexibility index (Phi) is 5.24. The van der Waals surface area contributed by atoms with Crippen molar-refractivity contribution in [2.24, 2.45) is 5.92 Å². The fraction of sp³-hybridized carbons (Fsp3) is 0.611. The molecule has 2 aliphatic heterocycles. The largest absolute Gasteiger partial charge is 0.378 e. The summed E-state index contributed by atoms with van der Waals surface area (Å²) >= 11 is 0. The van der Waals surface area contributed by atoms with Crippen LogP contribution >= 0.6 is 0 Å². The standard InChI is InChI=1S/C18H25NO3/c1-19-16-9-15(10-17(19)13-22-12-16)18(20)7-8-21-11-14-5-3-2-4-6-14/h2-6,15-17H,7-13H2,1H3. The van der Waals surface area contributed by atoms with E-state index in [4.69, 9.17) is 9.47 Å². The predicted molar refractivity (Wildman–Crippen MR) is 84.6 cm³/mol. The minimum absolute atomic E-state index is 0.190. The van der Waals surface area contributed by atoms with Crippen LogP contribution in [0.15, 0.2) is 30.3 Å². The maximum absolute atomic E-state index is 12.4. The summed E-state index contributed by atoms with van der Waals surface area (Å²) in [6.45, 7) is 2.63. The molecule has 0 radical (unpaired) electrons. The van der Waals surface area contributed by atoms with Gasteiger partial charge in [-0.3, -0.25) is 9.69 Å². The maximum Gasteiger partial charge on any atom is 0.138 e. The molecule has 0 amide bonds. The van der Waals surface area contributed by atoms with Gasteiger partial charge in [-0.1, -0.05) is 30.3 Å². The first-order valence-electron chi connectivity index (χ1n) is 8.18. The smallest absolute Gasteiger partial charge is 0.138 e. The van der Waals surface area contributed by atoms with Gasteiger partial charge in [-0.15, -0.1) is 0 Å². The molecule has 2 heterocycles. The van der Waals surface area contributed by atoms with E-state index in [0.717, 1.165) is 31.6 Å². The highest BCUT2D eigenvalue weighted by Crippen LogP contribution is 2.31. The lowest BCUT2D eigenvalue weighted by atomic mass is 9.82. The van der Waals surface area contributed by atoms with Crippen LogP contribution in [0.4, 0.5) is 0 Å². The number of carbonyl (C=O) groups is 1. The highest BCUT2D eigenvalue weighted by atomic mass is 16.5. The molecule has 22 heavy (non-hydrogen) atoms. The van der Waals surface area contributed by atoms with E-state index in [1.54, 1.807) is 0 Å². The Morgan fingerprint density at radius 1 is 1.23 bits per heavy atom. The molecule has 2 fully saturated rings. The molecule has 2 unspecified atom stereocenters. The van der Waals surface area contributed by atoms with Crippen LogP contribution in [0.5, 0.6) is 0 Å². The molecule has 120 valence electrons. The normalized spacial score (nSPS) is 28.5. The zero-order valence-corrected chi connectivity index (χ0v) is 13.2. The van der Waals surface area contributed by atoms with Crippen molar-refractivity contribution in [2.45, 2.75) is 38.0 Å². The second-order valence-electron chi connectivity index (χ2n) is 6.43. The lowest BCUT2D eigenvalue weighted by Crippen LogP contribution is -2.55. The Balaban J connectivity index is 1.41. The van der Waals surface area contributed by atoms with Crippen LogP contribution in [-0.2, 0) is 20.9 Å². The highest BCUT2D eigenvalue weighted by molar-refractivity contribution is 5.81. The molecule has 1 aromatic carbocycles. The van der Waals surface area contributed by atoms with Gasteiger partial charge in [0.15, 0.2) is 0 Å². The first-order chi connectivity index (χ1) is 10.7. The zero-order chi connectivity index (χ0) is 15.4. The van der Waals surface area contributed by atoms with E-state index in [1.165, 1.54) is 0 Å². The van der Waals surface area contributed by atoms with Crippen molar-refractivity contribution in [1.29, 1.82) is 0 Å². The molecule has 0 saturated carbocycles. The summed E-state index contributed by atoms with van der Waals surface area (Å²) in [5.74, 6) is 0.550. The molecular formula is C18H25NO3. The van der Waals surface area contributed by atoms with Crippen molar-refractivity contribution < 1.29 is 14.3 Å². The van der Waals surface area contributed by atoms with Crippen LogP contribution in [-0.4, -0.2) is 49.6 Å². The number of likely N-dealkylation sites (N-methyl/N-ethyl adjacent to an activating group) is 1. The zero-order valence-electron chi connectivity index (χ0n) is 13.2. The Morgan fingerprint density at radius 3 is 2.59 bits per heavy atom. The second-order valence-corrected chi connectivity index (χ2v) is 6.43. The second kappa shape index (κ2) is 7.36. The number of benzene rings is 1. The van der Waals surface area contributed by atoms with E-state index in [-0.39, 0.29) is 5.92 Å². The molecule has 0 N–H and O–H groups in total. The molecule has 0 aromatic heterocycles. The van der Waals surface area contributed by atoms with Crippen molar-refractivity contribution in [2.75, 3.05) is 26.9 Å². The topological polar surface area (TPSA) is 38.8 Å². The van der Waals surface area contributed by atoms with Gasteiger partial charge >= 0.3 is 0 Å². The van der Waals surface area contributed by atoms with Crippen LogP contribution in [0.2, 0.25) is 0 Å². The first kappa shape index (κ1) is 15.7. The monoisotopic (exact) mass is 303 g/mol. The van der Waals surface area contributed by atoms with Crippen molar-refractivity contribution in [3.63, 3.8) is 0 Å². The van der Waals surface area contributed by atoms with Crippen LogP contribution in [0.1, 0.15) is 24.8 Å². The fourth-order valence-corrected chi connectivity index (χ4v) is 3.50. The number of fused-ring (bicyclic) bond motifs is 2. The summed E-state index contributed by atoms with van der Waals surface area (Å²) in [5, 5.41) is 0. The number of hydrogen-bond donors (Lipinski definition) is 0. The van der Waals surface area contributed by atoms with Crippen molar-refractivity contribution in [3.05, 3.63) is 35.9 Å². The number of ketones is 1. The van der Waals surface area contributed by atoms with Crippen LogP contribution in [0.3, 0.4) is 0 Å². The molecule has 4 nitrogen and oxygen atoms in total. The Morgan fingerprint density at radius 2 is 1.91 bits per heavy atom. The number of piperidine rings is 1. The van der Waals surface area contributed by atoms with Gasteiger partial charge in [-0.25, -0.2) is 0 Å². The van der Waals surface area contributed by atoms with Crippen LogP contribution in [0, 0.1) is 5.92 Å². The Hall–Kier alpha value is -1.23. The molecule has 2 atom stereocenters. The summed E-state index contributed by atoms with van der Waals surface area (Å²) < 4.78 is 11.2. The number of morpholine rings is 1. The van der Waals surface area contributed by atoms with Crippen molar-refractivity contribution >= 4 is 5.78 Å². The molecule has 2 aliphatic rings. The van der Waals surface area contributed by atoms with Gasteiger partial charge in [0.2, 0.25) is 0 Å². The van der Waals surface area contributed by atoms with Gasteiger partial charge in [0, 0.05) is 24.4 Å². The molecule has 4 heteroatoms. The minimum Gasteiger partial charge on any atom is -0.378 e. The lowest BCUT2D eigenvalue weighted by Gasteiger charge is -2.46. The van der Waals surface area contributed by atoms with Crippen molar-refractivity contribution in [1.82, 2.24) is 4.90 Å². The molecule has 2 saturated heterocycles. The highest BCUT2D eigenvalue weighted by Gasteiger charge is 2.38. The minimum atomic E-state index is 0.190. The summed E-state index contributed by atoms with van der Waals surface area (Å²) in [6, 6.07) is 10.9. The third kappa shape index (κ3) is 3.75. The van der Waals surface area contributed by atoms with Gasteiger partial charge in [0.1, 0.15) is 5.78 Å². The SMILES string of the molecule is CN1C2COCC1CC(C(=O)CCOCc1ccccc1)C2. The first-order valence-corrected chi connectivity index (χ1v) is 8.18. The number of Topliss-reactive ketones (excluding diaryl/α,β-unsaturated/α-hetero) is 1. The van der Waals surface area contributed by atoms with Gasteiger partial charge in [-0.05, 0) is 25.5 Å². The maximum atomic E-state index is 12.4. The van der Waals surface area contributed by atoms with Gasteiger partial charge in [-0.2, -0.15) is 0 Å².